The number of halogens is 1. The largest absolute Gasteiger partial charge is 0.337 e. The van der Waals surface area contributed by atoms with Crippen molar-refractivity contribution in [2.75, 3.05) is 31.6 Å². The number of likely N-dealkylation sites (N-methyl/N-ethyl adjacent to an activating group) is 1. The number of aromatic nitrogens is 2. The zero-order valence-electron chi connectivity index (χ0n) is 10.4. The molecule has 4 nitrogen and oxygen atoms in total. The standard InChI is InChI=1S/C12H19BrN4/c1-3-11-9-16(2)5-4-6-17(11)12-14-7-10(13)8-15-12/h7-8,11H,3-6,9H2,1-2H3. The van der Waals surface area contributed by atoms with Crippen LogP contribution in [0.3, 0.4) is 0 Å². The molecule has 0 amide bonds. The molecule has 2 heterocycles. The van der Waals surface area contributed by atoms with Gasteiger partial charge < -0.3 is 9.80 Å². The number of hydrogen-bond donors (Lipinski definition) is 0. The van der Waals surface area contributed by atoms with Crippen LogP contribution in [0.1, 0.15) is 19.8 Å². The second-order valence-corrected chi connectivity index (χ2v) is 5.49. The molecule has 1 aromatic rings. The summed E-state index contributed by atoms with van der Waals surface area (Å²) in [4.78, 5) is 13.6. The van der Waals surface area contributed by atoms with Gasteiger partial charge in [-0.05, 0) is 42.4 Å². The zero-order chi connectivity index (χ0) is 12.3. The van der Waals surface area contributed by atoms with Crippen molar-refractivity contribution in [2.45, 2.75) is 25.8 Å². The summed E-state index contributed by atoms with van der Waals surface area (Å²) < 4.78 is 0.932. The molecule has 0 spiro atoms. The first-order chi connectivity index (χ1) is 8.20. The molecule has 0 bridgehead atoms. The number of nitrogens with zero attached hydrogens (tertiary/aromatic N) is 4. The molecule has 0 aromatic carbocycles. The smallest absolute Gasteiger partial charge is 0.225 e. The van der Waals surface area contributed by atoms with E-state index in [0.717, 1.165) is 36.5 Å². The van der Waals surface area contributed by atoms with E-state index in [2.05, 4.69) is 49.7 Å². The van der Waals surface area contributed by atoms with E-state index in [1.54, 1.807) is 0 Å². The van der Waals surface area contributed by atoms with Gasteiger partial charge >= 0.3 is 0 Å². The summed E-state index contributed by atoms with van der Waals surface area (Å²) in [5.41, 5.74) is 0. The van der Waals surface area contributed by atoms with Gasteiger partial charge in [-0.25, -0.2) is 9.97 Å². The van der Waals surface area contributed by atoms with E-state index in [1.807, 2.05) is 12.4 Å². The fraction of sp³-hybridized carbons (Fsp3) is 0.667. The molecular weight excluding hydrogens is 280 g/mol. The Morgan fingerprint density at radius 2 is 2.06 bits per heavy atom. The Balaban J connectivity index is 2.19. The molecule has 1 aromatic heterocycles. The van der Waals surface area contributed by atoms with Crippen molar-refractivity contribution in [3.8, 4) is 0 Å². The van der Waals surface area contributed by atoms with Crippen LogP contribution in [-0.2, 0) is 0 Å². The van der Waals surface area contributed by atoms with Gasteiger partial charge in [-0.15, -0.1) is 0 Å². The van der Waals surface area contributed by atoms with E-state index in [1.165, 1.54) is 6.42 Å². The normalized spacial score (nSPS) is 22.5. The molecule has 0 saturated carbocycles. The van der Waals surface area contributed by atoms with Gasteiger partial charge in [0.15, 0.2) is 0 Å². The van der Waals surface area contributed by atoms with E-state index in [0.29, 0.717) is 6.04 Å². The van der Waals surface area contributed by atoms with Gasteiger partial charge in [0.05, 0.1) is 4.47 Å². The zero-order valence-corrected chi connectivity index (χ0v) is 12.0. The van der Waals surface area contributed by atoms with E-state index in [4.69, 9.17) is 0 Å². The van der Waals surface area contributed by atoms with Crippen molar-refractivity contribution < 1.29 is 0 Å². The molecule has 0 radical (unpaired) electrons. The highest BCUT2D eigenvalue weighted by Crippen LogP contribution is 2.18. The van der Waals surface area contributed by atoms with E-state index < -0.39 is 0 Å². The Hall–Kier alpha value is -0.680. The second-order valence-electron chi connectivity index (χ2n) is 4.57. The van der Waals surface area contributed by atoms with Crippen molar-refractivity contribution in [3.05, 3.63) is 16.9 Å². The minimum Gasteiger partial charge on any atom is -0.337 e. The van der Waals surface area contributed by atoms with Crippen LogP contribution >= 0.6 is 15.9 Å². The second kappa shape index (κ2) is 5.78. The molecule has 1 aliphatic rings. The third kappa shape index (κ3) is 3.16. The Bertz CT molecular complexity index is 354. The molecule has 1 saturated heterocycles. The molecular formula is C12H19BrN4. The fourth-order valence-corrected chi connectivity index (χ4v) is 2.51. The highest BCUT2D eigenvalue weighted by Gasteiger charge is 2.23. The number of rotatable bonds is 2. The van der Waals surface area contributed by atoms with Crippen LogP contribution in [0.25, 0.3) is 0 Å². The third-order valence-electron chi connectivity index (χ3n) is 3.24. The van der Waals surface area contributed by atoms with E-state index in [-0.39, 0.29) is 0 Å². The number of hydrogen-bond acceptors (Lipinski definition) is 4. The molecule has 0 aliphatic carbocycles. The first-order valence-corrected chi connectivity index (χ1v) is 6.92. The summed E-state index contributed by atoms with van der Waals surface area (Å²) in [5, 5.41) is 0. The molecule has 1 atom stereocenters. The molecule has 94 valence electrons. The quantitative estimate of drug-likeness (QED) is 0.838. The summed E-state index contributed by atoms with van der Waals surface area (Å²) in [6.07, 6.45) is 5.95. The van der Waals surface area contributed by atoms with Gasteiger partial charge in [0.2, 0.25) is 5.95 Å². The van der Waals surface area contributed by atoms with Gasteiger partial charge in [-0.3, -0.25) is 0 Å². The van der Waals surface area contributed by atoms with Crippen LogP contribution < -0.4 is 4.90 Å². The molecule has 0 N–H and O–H groups in total. The van der Waals surface area contributed by atoms with Crippen LogP contribution in [0, 0.1) is 0 Å². The molecule has 17 heavy (non-hydrogen) atoms. The summed E-state index contributed by atoms with van der Waals surface area (Å²) in [7, 11) is 2.19. The van der Waals surface area contributed by atoms with Crippen LogP contribution in [0.5, 0.6) is 0 Å². The van der Waals surface area contributed by atoms with Crippen LogP contribution in [0.15, 0.2) is 16.9 Å². The minimum atomic E-state index is 0.517. The predicted octanol–water partition coefficient (Wildman–Crippen LogP) is 2.16. The van der Waals surface area contributed by atoms with Gasteiger partial charge in [0.1, 0.15) is 0 Å². The third-order valence-corrected chi connectivity index (χ3v) is 3.65. The maximum atomic E-state index is 4.42. The topological polar surface area (TPSA) is 32.3 Å². The minimum absolute atomic E-state index is 0.517. The predicted molar refractivity (Wildman–Crippen MR) is 73.3 cm³/mol. The van der Waals surface area contributed by atoms with Crippen molar-refractivity contribution >= 4 is 21.9 Å². The Kier molecular flexibility index (Phi) is 4.34. The van der Waals surface area contributed by atoms with Crippen molar-refractivity contribution in [1.82, 2.24) is 14.9 Å². The lowest BCUT2D eigenvalue weighted by atomic mass is 10.2. The molecule has 5 heteroatoms. The monoisotopic (exact) mass is 298 g/mol. The summed E-state index contributed by atoms with van der Waals surface area (Å²) in [5.74, 6) is 0.857. The first kappa shape index (κ1) is 12.8. The average Bonchev–Trinajstić information content (AvgIpc) is 2.52. The van der Waals surface area contributed by atoms with Gasteiger partial charge in [-0.1, -0.05) is 6.92 Å². The highest BCUT2D eigenvalue weighted by molar-refractivity contribution is 9.10. The fourth-order valence-electron chi connectivity index (χ4n) is 2.31. The maximum absolute atomic E-state index is 4.42. The molecule has 1 unspecified atom stereocenters. The average molecular weight is 299 g/mol. The summed E-state index contributed by atoms with van der Waals surface area (Å²) >= 11 is 3.37. The Labute approximate surface area is 111 Å². The summed E-state index contributed by atoms with van der Waals surface area (Å²) in [6, 6.07) is 0.517. The molecule has 1 fully saturated rings. The van der Waals surface area contributed by atoms with Gasteiger partial charge in [0, 0.05) is 31.5 Å². The lowest BCUT2D eigenvalue weighted by molar-refractivity contribution is 0.327. The highest BCUT2D eigenvalue weighted by atomic mass is 79.9. The van der Waals surface area contributed by atoms with E-state index >= 15 is 0 Å². The van der Waals surface area contributed by atoms with Crippen molar-refractivity contribution in [1.29, 1.82) is 0 Å². The summed E-state index contributed by atoms with van der Waals surface area (Å²) in [6.45, 7) is 5.53. The van der Waals surface area contributed by atoms with Crippen LogP contribution in [0.4, 0.5) is 5.95 Å². The lowest BCUT2D eigenvalue weighted by Crippen LogP contribution is -2.40. The van der Waals surface area contributed by atoms with Gasteiger partial charge in [0.25, 0.3) is 0 Å². The molecule has 1 aliphatic heterocycles. The van der Waals surface area contributed by atoms with Gasteiger partial charge in [-0.2, -0.15) is 0 Å². The molecule has 2 rings (SSSR count). The van der Waals surface area contributed by atoms with Crippen molar-refractivity contribution in [3.63, 3.8) is 0 Å². The lowest BCUT2D eigenvalue weighted by Gasteiger charge is -2.30. The van der Waals surface area contributed by atoms with Crippen LogP contribution in [0.2, 0.25) is 0 Å². The maximum Gasteiger partial charge on any atom is 0.225 e. The van der Waals surface area contributed by atoms with Crippen LogP contribution in [-0.4, -0.2) is 47.6 Å². The van der Waals surface area contributed by atoms with Crippen molar-refractivity contribution in [2.24, 2.45) is 0 Å². The Morgan fingerprint density at radius 1 is 1.35 bits per heavy atom. The Morgan fingerprint density at radius 3 is 2.71 bits per heavy atom. The first-order valence-electron chi connectivity index (χ1n) is 6.13. The van der Waals surface area contributed by atoms with E-state index in [9.17, 15) is 0 Å². The number of anilines is 1. The SMILES string of the molecule is CCC1CN(C)CCCN1c1ncc(Br)cn1.